The summed E-state index contributed by atoms with van der Waals surface area (Å²) >= 11 is 0. The molecule has 2 N–H and O–H groups in total. The van der Waals surface area contributed by atoms with E-state index < -0.39 is 29.2 Å². The number of halogens is 1. The van der Waals surface area contributed by atoms with Gasteiger partial charge in [0.25, 0.3) is 5.69 Å². The van der Waals surface area contributed by atoms with Crippen LogP contribution in [0, 0.1) is 10.1 Å². The van der Waals surface area contributed by atoms with E-state index in [2.05, 4.69) is 6.92 Å². The second kappa shape index (κ2) is 11.2. The number of nitrogens with zero attached hydrogens (tertiary/aromatic N) is 2. The quantitative estimate of drug-likeness (QED) is 0.363. The Morgan fingerprint density at radius 2 is 1.94 bits per heavy atom. The fourth-order valence-corrected chi connectivity index (χ4v) is 4.54. The normalized spacial score (nSPS) is 18.9. The fourth-order valence-electron chi connectivity index (χ4n) is 4.54. The maximum atomic E-state index is 14.9. The average molecular weight is 459 g/mol. The van der Waals surface area contributed by atoms with Crippen LogP contribution in [0.15, 0.2) is 42.5 Å². The highest BCUT2D eigenvalue weighted by Crippen LogP contribution is 2.34. The zero-order valence-electron chi connectivity index (χ0n) is 18.8. The van der Waals surface area contributed by atoms with E-state index in [0.717, 1.165) is 24.1 Å². The van der Waals surface area contributed by atoms with Gasteiger partial charge >= 0.3 is 5.97 Å². The summed E-state index contributed by atoms with van der Waals surface area (Å²) in [5.74, 6) is -1.02. The van der Waals surface area contributed by atoms with Crippen LogP contribution in [0.4, 0.5) is 15.8 Å². The van der Waals surface area contributed by atoms with Crippen molar-refractivity contribution in [2.24, 2.45) is 0 Å². The monoisotopic (exact) mass is 458 g/mol. The van der Waals surface area contributed by atoms with Gasteiger partial charge in [-0.2, -0.15) is 0 Å². The first-order valence-electron chi connectivity index (χ1n) is 11.5. The Morgan fingerprint density at radius 1 is 1.24 bits per heavy atom. The van der Waals surface area contributed by atoms with Gasteiger partial charge in [-0.1, -0.05) is 50.1 Å². The number of nitro benzene ring substituents is 1. The van der Waals surface area contributed by atoms with Crippen molar-refractivity contribution in [2.75, 3.05) is 11.4 Å². The van der Waals surface area contributed by atoms with Gasteiger partial charge in [-0.3, -0.25) is 14.9 Å². The van der Waals surface area contributed by atoms with Crippen LogP contribution >= 0.6 is 0 Å². The van der Waals surface area contributed by atoms with Crippen LogP contribution < -0.4 is 4.90 Å². The van der Waals surface area contributed by atoms with E-state index in [0.29, 0.717) is 30.5 Å². The molecular weight excluding hydrogens is 427 g/mol. The minimum Gasteiger partial charge on any atom is -0.481 e. The van der Waals surface area contributed by atoms with E-state index in [1.807, 2.05) is 29.2 Å². The molecule has 1 aliphatic rings. The van der Waals surface area contributed by atoms with Gasteiger partial charge in [-0.05, 0) is 37.0 Å². The van der Waals surface area contributed by atoms with Gasteiger partial charge in [0.05, 0.1) is 17.1 Å². The van der Waals surface area contributed by atoms with Gasteiger partial charge in [0.1, 0.15) is 6.17 Å². The maximum absolute atomic E-state index is 14.9. The highest BCUT2D eigenvalue weighted by Gasteiger charge is 2.36. The van der Waals surface area contributed by atoms with E-state index in [9.17, 15) is 24.4 Å². The van der Waals surface area contributed by atoms with E-state index in [1.54, 1.807) is 18.2 Å². The number of rotatable bonds is 11. The lowest BCUT2D eigenvalue weighted by atomic mass is 9.96. The molecule has 0 bridgehead atoms. The van der Waals surface area contributed by atoms with E-state index in [1.165, 1.54) is 0 Å². The van der Waals surface area contributed by atoms with Crippen LogP contribution in [0.2, 0.25) is 0 Å². The van der Waals surface area contributed by atoms with E-state index >= 15 is 0 Å². The Balaban J connectivity index is 1.82. The third kappa shape index (κ3) is 6.07. The molecule has 0 amide bonds. The molecule has 3 rings (SSSR count). The lowest BCUT2D eigenvalue weighted by Gasteiger charge is -2.28. The minimum atomic E-state index is -1.14. The lowest BCUT2D eigenvalue weighted by Crippen LogP contribution is -2.35. The highest BCUT2D eigenvalue weighted by molar-refractivity contribution is 5.67. The van der Waals surface area contributed by atoms with Gasteiger partial charge in [-0.25, -0.2) is 4.39 Å². The average Bonchev–Trinajstić information content (AvgIpc) is 3.16. The number of para-hydroxylation sites is 1. The number of aryl methyl sites for hydroxylation is 1. The summed E-state index contributed by atoms with van der Waals surface area (Å²) in [6.45, 7) is 2.57. The topological polar surface area (TPSA) is 104 Å². The zero-order valence-corrected chi connectivity index (χ0v) is 18.8. The molecule has 8 heteroatoms. The smallest absolute Gasteiger partial charge is 0.303 e. The first kappa shape index (κ1) is 24.6. The summed E-state index contributed by atoms with van der Waals surface area (Å²) in [6, 6.07) is 11.7. The number of unbranched alkanes of at least 4 members (excludes halogenated alkanes) is 1. The van der Waals surface area contributed by atoms with Crippen LogP contribution in [-0.4, -0.2) is 39.9 Å². The molecule has 3 atom stereocenters. The Kier molecular flexibility index (Phi) is 8.38. The molecule has 0 saturated carbocycles. The maximum Gasteiger partial charge on any atom is 0.303 e. The van der Waals surface area contributed by atoms with Gasteiger partial charge < -0.3 is 15.1 Å². The number of carbonyl (C=O) groups is 1. The second-order valence-corrected chi connectivity index (χ2v) is 8.59. The van der Waals surface area contributed by atoms with Crippen molar-refractivity contribution < 1.29 is 24.3 Å². The van der Waals surface area contributed by atoms with Crippen LogP contribution in [0.3, 0.4) is 0 Å². The molecule has 1 heterocycles. The molecule has 33 heavy (non-hydrogen) atoms. The van der Waals surface area contributed by atoms with Crippen molar-refractivity contribution >= 4 is 17.3 Å². The van der Waals surface area contributed by atoms with Crippen molar-refractivity contribution in [3.8, 4) is 0 Å². The van der Waals surface area contributed by atoms with Crippen molar-refractivity contribution in [3.05, 3.63) is 69.3 Å². The summed E-state index contributed by atoms with van der Waals surface area (Å²) in [7, 11) is 0. The summed E-state index contributed by atoms with van der Waals surface area (Å²) in [5.41, 5.74) is 2.28. The van der Waals surface area contributed by atoms with Gasteiger partial charge in [0.15, 0.2) is 0 Å². The number of aliphatic hydroxyl groups is 1. The number of alkyl halides is 1. The SMILES string of the molecule is CCCCC(O)c1ccc(N2CCC(F)C2Cc2cccc(CCC(=O)O)c2[N+](=O)[O-])cc1. The number of nitro groups is 1. The predicted molar refractivity (Wildman–Crippen MR) is 124 cm³/mol. The molecule has 0 aliphatic carbocycles. The third-order valence-corrected chi connectivity index (χ3v) is 6.33. The molecule has 1 aliphatic heterocycles. The second-order valence-electron chi connectivity index (χ2n) is 8.59. The summed E-state index contributed by atoms with van der Waals surface area (Å²) in [6.07, 6.45) is 1.29. The Hall–Kier alpha value is -3.00. The van der Waals surface area contributed by atoms with E-state index in [4.69, 9.17) is 5.11 Å². The summed E-state index contributed by atoms with van der Waals surface area (Å²) < 4.78 is 14.9. The van der Waals surface area contributed by atoms with Crippen LogP contribution in [0.25, 0.3) is 0 Å². The number of hydrogen-bond acceptors (Lipinski definition) is 5. The highest BCUT2D eigenvalue weighted by atomic mass is 19.1. The van der Waals surface area contributed by atoms with Crippen molar-refractivity contribution in [2.45, 2.75) is 70.2 Å². The standard InChI is InChI=1S/C25H31FN2O5/c1-2-3-7-23(29)17-8-11-20(12-9-17)27-15-14-21(26)22(27)16-19-6-4-5-18(10-13-24(30)31)25(19)28(32)33/h4-6,8-9,11-12,21-23,29H,2-3,7,10,13-16H2,1H3,(H,30,31). The Bertz CT molecular complexity index is 966. The molecule has 0 aromatic heterocycles. The molecule has 178 valence electrons. The molecule has 7 nitrogen and oxygen atoms in total. The van der Waals surface area contributed by atoms with Crippen LogP contribution in [-0.2, 0) is 17.6 Å². The first-order valence-corrected chi connectivity index (χ1v) is 11.5. The third-order valence-electron chi connectivity index (χ3n) is 6.33. The Labute approximate surface area is 193 Å². The number of anilines is 1. The molecule has 2 aromatic rings. The Morgan fingerprint density at radius 3 is 2.58 bits per heavy atom. The molecule has 1 saturated heterocycles. The zero-order chi connectivity index (χ0) is 24.0. The minimum absolute atomic E-state index is 0.0503. The number of hydrogen-bond donors (Lipinski definition) is 2. The molecule has 0 radical (unpaired) electrons. The molecular formula is C25H31FN2O5. The lowest BCUT2D eigenvalue weighted by molar-refractivity contribution is -0.386. The van der Waals surface area contributed by atoms with Crippen LogP contribution in [0.5, 0.6) is 0 Å². The summed E-state index contributed by atoms with van der Waals surface area (Å²) in [4.78, 5) is 24.2. The first-order chi connectivity index (χ1) is 15.8. The summed E-state index contributed by atoms with van der Waals surface area (Å²) in [5, 5.41) is 31.1. The predicted octanol–water partition coefficient (Wildman–Crippen LogP) is 5.00. The number of carboxylic acid groups (broad SMARTS) is 1. The van der Waals surface area contributed by atoms with Crippen molar-refractivity contribution in [1.29, 1.82) is 0 Å². The van der Waals surface area contributed by atoms with Gasteiger partial charge in [0.2, 0.25) is 0 Å². The molecule has 2 aromatic carbocycles. The van der Waals surface area contributed by atoms with Crippen molar-refractivity contribution in [1.82, 2.24) is 0 Å². The number of aliphatic hydroxyl groups excluding tert-OH is 1. The number of aliphatic carboxylic acids is 1. The van der Waals surface area contributed by atoms with Gasteiger partial charge in [-0.15, -0.1) is 0 Å². The van der Waals surface area contributed by atoms with Crippen molar-refractivity contribution in [3.63, 3.8) is 0 Å². The van der Waals surface area contributed by atoms with E-state index in [-0.39, 0.29) is 24.9 Å². The number of carboxylic acids is 1. The number of benzene rings is 2. The largest absolute Gasteiger partial charge is 0.481 e. The molecule has 1 fully saturated rings. The molecule has 3 unspecified atom stereocenters. The fraction of sp³-hybridized carbons (Fsp3) is 0.480. The van der Waals surface area contributed by atoms with Gasteiger partial charge in [0, 0.05) is 36.2 Å². The van der Waals surface area contributed by atoms with Crippen LogP contribution in [0.1, 0.15) is 61.8 Å². The molecule has 0 spiro atoms.